The fourth-order valence-corrected chi connectivity index (χ4v) is 5.79. The smallest absolute Gasteiger partial charge is 0.420 e. The molecule has 0 unspecified atom stereocenters. The van der Waals surface area contributed by atoms with Gasteiger partial charge in [0, 0.05) is 22.3 Å². The van der Waals surface area contributed by atoms with Crippen molar-refractivity contribution in [2.75, 3.05) is 11.4 Å². The van der Waals surface area contributed by atoms with Crippen LogP contribution in [0.2, 0.25) is 0 Å². The molecule has 0 bridgehead atoms. The number of carboxylic acid groups (broad SMARTS) is 1. The monoisotopic (exact) mass is 656 g/mol. The van der Waals surface area contributed by atoms with Crippen molar-refractivity contribution < 1.29 is 24.2 Å². The first-order valence-corrected chi connectivity index (χ1v) is 14.5. The molecule has 3 aromatic rings. The molecule has 0 saturated heterocycles. The number of carboxylic acids is 1. The van der Waals surface area contributed by atoms with Gasteiger partial charge in [0.05, 0.1) is 17.4 Å². The topological polar surface area (TPSA) is 95.9 Å². The number of carbonyl (C=O) groups excluding carboxylic acids is 2. The zero-order valence-corrected chi connectivity index (χ0v) is 24.5. The normalized spacial score (nSPS) is 13.5. The van der Waals surface area contributed by atoms with Crippen molar-refractivity contribution in [3.05, 3.63) is 92.4 Å². The van der Waals surface area contributed by atoms with Gasteiger partial charge in [0.1, 0.15) is 5.75 Å². The van der Waals surface area contributed by atoms with Crippen LogP contribution in [0.15, 0.2) is 75.7 Å². The number of benzene rings is 3. The van der Waals surface area contributed by atoms with Crippen LogP contribution >= 0.6 is 31.9 Å². The average molecular weight is 658 g/mol. The van der Waals surface area contributed by atoms with E-state index < -0.39 is 12.1 Å². The van der Waals surface area contributed by atoms with Crippen molar-refractivity contribution in [2.45, 2.75) is 51.0 Å². The van der Waals surface area contributed by atoms with E-state index in [4.69, 9.17) is 9.84 Å². The van der Waals surface area contributed by atoms with Gasteiger partial charge in [-0.3, -0.25) is 14.5 Å². The van der Waals surface area contributed by atoms with E-state index in [9.17, 15) is 14.4 Å². The molecule has 0 atom stereocenters. The SMILES string of the molecule is O=C(O)CCNC(=O)c1ccc(CN(C(=O)Oc2ccc(Br)cc2Br)c2ccc(C3CCCCC3)cc2)cc1. The molecular weight excluding hydrogens is 628 g/mol. The molecule has 0 heterocycles. The Morgan fingerprint density at radius 3 is 2.26 bits per heavy atom. The average Bonchev–Trinajstić information content (AvgIpc) is 2.94. The van der Waals surface area contributed by atoms with E-state index in [1.165, 1.54) is 37.7 Å². The van der Waals surface area contributed by atoms with Crippen LogP contribution in [0.1, 0.15) is 65.9 Å². The zero-order chi connectivity index (χ0) is 27.8. The predicted octanol–water partition coefficient (Wildman–Crippen LogP) is 7.67. The highest BCUT2D eigenvalue weighted by atomic mass is 79.9. The van der Waals surface area contributed by atoms with Crippen LogP contribution in [0, 0.1) is 0 Å². The number of anilines is 1. The van der Waals surface area contributed by atoms with Crippen molar-refractivity contribution in [1.29, 1.82) is 0 Å². The number of halogens is 2. The van der Waals surface area contributed by atoms with E-state index in [2.05, 4.69) is 49.3 Å². The van der Waals surface area contributed by atoms with Crippen LogP contribution < -0.4 is 15.0 Å². The van der Waals surface area contributed by atoms with Gasteiger partial charge < -0.3 is 15.2 Å². The molecule has 39 heavy (non-hydrogen) atoms. The number of hydrogen-bond donors (Lipinski definition) is 2. The summed E-state index contributed by atoms with van der Waals surface area (Å²) in [6.07, 6.45) is 5.51. The van der Waals surface area contributed by atoms with Gasteiger partial charge in [0.25, 0.3) is 5.91 Å². The fourth-order valence-electron chi connectivity index (χ4n) is 4.66. The molecule has 4 rings (SSSR count). The Morgan fingerprint density at radius 1 is 0.923 bits per heavy atom. The number of amides is 2. The van der Waals surface area contributed by atoms with Gasteiger partial charge in [-0.05, 0) is 88.3 Å². The molecule has 2 N–H and O–H groups in total. The summed E-state index contributed by atoms with van der Waals surface area (Å²) in [5.74, 6) is -0.362. The van der Waals surface area contributed by atoms with Crippen molar-refractivity contribution in [1.82, 2.24) is 5.32 Å². The third-order valence-electron chi connectivity index (χ3n) is 6.77. The summed E-state index contributed by atoms with van der Waals surface area (Å²) < 4.78 is 7.28. The highest BCUT2D eigenvalue weighted by molar-refractivity contribution is 9.11. The lowest BCUT2D eigenvalue weighted by atomic mass is 9.84. The number of aliphatic carboxylic acids is 1. The van der Waals surface area contributed by atoms with Crippen molar-refractivity contribution in [2.24, 2.45) is 0 Å². The van der Waals surface area contributed by atoms with E-state index in [0.29, 0.717) is 27.4 Å². The van der Waals surface area contributed by atoms with Crippen molar-refractivity contribution in [3.8, 4) is 5.75 Å². The standard InChI is InChI=1S/C30H30Br2N2O5/c31-24-12-15-27(26(32)18-24)39-30(38)34(25-13-10-22(11-14-25)21-4-2-1-3-5-21)19-20-6-8-23(9-7-20)29(37)33-17-16-28(35)36/h6-15,18,21H,1-5,16-17,19H2,(H,33,37)(H,35,36). The Balaban J connectivity index is 1.53. The lowest BCUT2D eigenvalue weighted by molar-refractivity contribution is -0.136. The Hall–Kier alpha value is -3.17. The van der Waals surface area contributed by atoms with E-state index in [0.717, 1.165) is 10.0 Å². The minimum absolute atomic E-state index is 0.0536. The molecule has 1 aliphatic rings. The second-order valence-electron chi connectivity index (χ2n) is 9.55. The first-order valence-electron chi connectivity index (χ1n) is 12.9. The number of hydrogen-bond acceptors (Lipinski definition) is 4. The van der Waals surface area contributed by atoms with E-state index in [-0.39, 0.29) is 25.4 Å². The molecule has 1 aliphatic carbocycles. The van der Waals surface area contributed by atoms with E-state index in [1.807, 2.05) is 18.2 Å². The van der Waals surface area contributed by atoms with Crippen molar-refractivity contribution >= 4 is 55.5 Å². The minimum atomic E-state index is -0.973. The zero-order valence-electron chi connectivity index (χ0n) is 21.4. The molecule has 1 fully saturated rings. The van der Waals surface area contributed by atoms with Gasteiger partial charge in [-0.1, -0.05) is 59.5 Å². The summed E-state index contributed by atoms with van der Waals surface area (Å²) >= 11 is 6.86. The second kappa shape index (κ2) is 13.8. The molecule has 0 aromatic heterocycles. The van der Waals surface area contributed by atoms with Gasteiger partial charge in [0.15, 0.2) is 0 Å². The Labute approximate surface area is 244 Å². The number of nitrogens with one attached hydrogen (secondary N) is 1. The second-order valence-corrected chi connectivity index (χ2v) is 11.3. The minimum Gasteiger partial charge on any atom is -0.481 e. The Kier molecular flexibility index (Phi) is 10.2. The molecule has 0 radical (unpaired) electrons. The molecule has 9 heteroatoms. The van der Waals surface area contributed by atoms with Crippen molar-refractivity contribution in [3.63, 3.8) is 0 Å². The van der Waals surface area contributed by atoms with Gasteiger partial charge in [0.2, 0.25) is 0 Å². The summed E-state index contributed by atoms with van der Waals surface area (Å²) in [5.41, 5.74) is 3.22. The summed E-state index contributed by atoms with van der Waals surface area (Å²) in [7, 11) is 0. The van der Waals surface area contributed by atoms with Gasteiger partial charge >= 0.3 is 12.1 Å². The Morgan fingerprint density at radius 2 is 1.62 bits per heavy atom. The molecule has 0 spiro atoms. The van der Waals surface area contributed by atoms with E-state index in [1.54, 1.807) is 41.3 Å². The van der Waals surface area contributed by atoms with Crippen LogP contribution in [0.5, 0.6) is 5.75 Å². The first kappa shape index (κ1) is 28.8. The van der Waals surface area contributed by atoms with Crippen LogP contribution in [-0.2, 0) is 11.3 Å². The highest BCUT2D eigenvalue weighted by Crippen LogP contribution is 2.34. The largest absolute Gasteiger partial charge is 0.481 e. The predicted molar refractivity (Wildman–Crippen MR) is 157 cm³/mol. The van der Waals surface area contributed by atoms with E-state index >= 15 is 0 Å². The lowest BCUT2D eigenvalue weighted by Crippen LogP contribution is -2.33. The number of ether oxygens (including phenoxy) is 1. The third-order valence-corrected chi connectivity index (χ3v) is 7.89. The molecule has 204 valence electrons. The van der Waals surface area contributed by atoms with Crippen LogP contribution in [-0.4, -0.2) is 29.6 Å². The molecule has 2 amide bonds. The number of carbonyl (C=O) groups is 3. The molecule has 0 aliphatic heterocycles. The lowest BCUT2D eigenvalue weighted by Gasteiger charge is -2.25. The van der Waals surface area contributed by atoms with Crippen LogP contribution in [0.25, 0.3) is 0 Å². The fraction of sp³-hybridized carbons (Fsp3) is 0.300. The number of rotatable bonds is 9. The molecule has 7 nitrogen and oxygen atoms in total. The summed E-state index contributed by atoms with van der Waals surface area (Å²) in [6.45, 7) is 0.286. The van der Waals surface area contributed by atoms with Gasteiger partial charge in [-0.2, -0.15) is 0 Å². The quantitative estimate of drug-likeness (QED) is 0.246. The Bertz CT molecular complexity index is 1310. The maximum Gasteiger partial charge on any atom is 0.420 e. The number of nitrogens with zero attached hydrogens (tertiary/aromatic N) is 1. The van der Waals surface area contributed by atoms with Gasteiger partial charge in [-0.15, -0.1) is 0 Å². The molecular formula is C30H30Br2N2O5. The summed E-state index contributed by atoms with van der Waals surface area (Å²) in [6, 6.07) is 20.3. The van der Waals surface area contributed by atoms with Crippen LogP contribution in [0.3, 0.4) is 0 Å². The maximum atomic E-state index is 13.4. The summed E-state index contributed by atoms with van der Waals surface area (Å²) in [4.78, 5) is 38.0. The van der Waals surface area contributed by atoms with Gasteiger partial charge in [-0.25, -0.2) is 4.79 Å². The van der Waals surface area contributed by atoms with Crippen LogP contribution in [0.4, 0.5) is 10.5 Å². The third kappa shape index (κ3) is 8.16. The summed E-state index contributed by atoms with van der Waals surface area (Å²) in [5, 5.41) is 11.4. The molecule has 1 saturated carbocycles. The maximum absolute atomic E-state index is 13.4. The first-order chi connectivity index (χ1) is 18.8. The highest BCUT2D eigenvalue weighted by Gasteiger charge is 2.22. The molecule has 3 aromatic carbocycles.